The first-order valence-electron chi connectivity index (χ1n) is 44.6. The number of unbranched alkanes of at least 4 members (excludes halogenated alkanes) is 1. The lowest BCUT2D eigenvalue weighted by Crippen LogP contribution is -2.22. The summed E-state index contributed by atoms with van der Waals surface area (Å²) >= 11 is 0. The Bertz CT molecular complexity index is 1470. The highest BCUT2D eigenvalue weighted by Gasteiger charge is 2.16. The molecule has 0 spiro atoms. The minimum Gasteiger partial charge on any atom is -0.385 e. The van der Waals surface area contributed by atoms with Gasteiger partial charge in [-0.1, -0.05) is 232 Å². The monoisotopic (exact) mass is 1590 g/mol. The first kappa shape index (κ1) is 132. The van der Waals surface area contributed by atoms with E-state index in [0.717, 1.165) is 191 Å². The van der Waals surface area contributed by atoms with Crippen LogP contribution in [0, 0.1) is 107 Å². The summed E-state index contributed by atoms with van der Waals surface area (Å²) in [5.74, 6) is 12.6. The summed E-state index contributed by atoms with van der Waals surface area (Å²) in [6, 6.07) is 0. The molecule has 0 rings (SSSR count). The van der Waals surface area contributed by atoms with Crippen molar-refractivity contribution in [1.29, 1.82) is 0 Å². The van der Waals surface area contributed by atoms with Crippen molar-refractivity contribution in [2.24, 2.45) is 107 Å². The molecule has 0 aromatic rings. The second-order valence-electron chi connectivity index (χ2n) is 34.0. The maximum Gasteiger partial charge on any atom is 0.0644 e. The molecule has 0 heterocycles. The number of hydrogen-bond acceptors (Lipinski definition) is 14. The molecule has 4 atom stereocenters. The molecule has 0 saturated carbocycles. The second kappa shape index (κ2) is 110. The van der Waals surface area contributed by atoms with E-state index in [1.54, 1.807) is 61.9 Å². The molecule has 0 aliphatic carbocycles. The molecule has 110 heavy (non-hydrogen) atoms. The van der Waals surface area contributed by atoms with Crippen LogP contribution >= 0.6 is 0 Å². The predicted octanol–water partition coefficient (Wildman–Crippen LogP) is 26.4. The topological polar surface area (TPSA) is 129 Å². The number of hydrogen-bond donors (Lipinski definition) is 0. The van der Waals surface area contributed by atoms with Crippen molar-refractivity contribution in [3.63, 3.8) is 0 Å². The standard InChI is InChI=1S/C12H26O2.C12H22O2.C10H22O.C9H20O.C8H18O2.3C8H18O.3C7H16O/c2*1-5-7-13-9-12(11(3)4)10-14-8-6-2;1-4-5-8-11-9-6-7-10(2)3;1-8(2)6-5-7-10-9(3)4;1-7(2)8(5-9-3)6-10-4;2*1-5-8(6-9-4)7(2)3;1-4-9-7-5-6-8(2)3;2*1-6(2)7(3)5-8-4;1-7(2)5-4-6-8-3/h11-12H,5-10H2,1-4H3;5-6,11-12H,1-2,7-10H2,3-4H3;10H,4-9H2,1-3H3;8-9H,5-7H2,1-4H3;7-8H,5-6H2,1-4H3;2*7-8H,5-6H2,1-4H3;8H,4-7H2,1-3H3;2*6-7H,5H2,1-4H3;7H,4-6H2,1-3H3/t;;;;;8-;;;7-;;/m.....0..0../s1. The molecule has 0 fully saturated rings. The highest BCUT2D eigenvalue weighted by atomic mass is 16.5. The van der Waals surface area contributed by atoms with Crippen molar-refractivity contribution >= 4 is 0 Å². The van der Waals surface area contributed by atoms with Gasteiger partial charge in [0.1, 0.15) is 0 Å². The quantitative estimate of drug-likeness (QED) is 0.0423. The van der Waals surface area contributed by atoms with Crippen LogP contribution in [0.3, 0.4) is 0 Å². The number of methoxy groups -OCH3 is 7. The number of rotatable bonds is 58. The fourth-order valence-electron chi connectivity index (χ4n) is 9.12. The third-order valence-corrected chi connectivity index (χ3v) is 18.4. The van der Waals surface area contributed by atoms with Gasteiger partial charge in [0.05, 0.1) is 59.0 Å². The molecule has 678 valence electrons. The van der Waals surface area contributed by atoms with Gasteiger partial charge < -0.3 is 66.3 Å². The second-order valence-corrected chi connectivity index (χ2v) is 34.0. The van der Waals surface area contributed by atoms with E-state index in [-0.39, 0.29) is 0 Å². The van der Waals surface area contributed by atoms with Gasteiger partial charge in [-0.2, -0.15) is 0 Å². The van der Waals surface area contributed by atoms with E-state index in [1.165, 1.54) is 77.0 Å². The molecule has 0 amide bonds. The largest absolute Gasteiger partial charge is 0.385 e. The average Bonchev–Trinajstić information content (AvgIpc) is 1.02. The summed E-state index contributed by atoms with van der Waals surface area (Å²) in [5.41, 5.74) is 0. The van der Waals surface area contributed by atoms with Gasteiger partial charge in [-0.05, 0) is 180 Å². The van der Waals surface area contributed by atoms with Crippen LogP contribution in [0.2, 0.25) is 0 Å². The molecule has 0 aliphatic heterocycles. The van der Waals surface area contributed by atoms with Gasteiger partial charge >= 0.3 is 0 Å². The smallest absolute Gasteiger partial charge is 0.0644 e. The predicted molar refractivity (Wildman–Crippen MR) is 487 cm³/mol. The third kappa shape index (κ3) is 133. The van der Waals surface area contributed by atoms with E-state index < -0.39 is 0 Å². The zero-order valence-corrected chi connectivity index (χ0v) is 82.3. The van der Waals surface area contributed by atoms with Crippen LogP contribution in [-0.2, 0) is 66.3 Å². The zero-order chi connectivity index (χ0) is 87.3. The summed E-state index contributed by atoms with van der Waals surface area (Å²) in [4.78, 5) is 0. The molecule has 14 nitrogen and oxygen atoms in total. The molecule has 0 aliphatic rings. The van der Waals surface area contributed by atoms with Crippen molar-refractivity contribution in [3.8, 4) is 0 Å². The van der Waals surface area contributed by atoms with E-state index in [1.807, 2.05) is 6.92 Å². The summed E-state index contributed by atoms with van der Waals surface area (Å²) < 4.78 is 73.0. The Hall–Kier alpha value is -1.08. The first-order chi connectivity index (χ1) is 51.9. The van der Waals surface area contributed by atoms with Gasteiger partial charge in [0.2, 0.25) is 0 Å². The van der Waals surface area contributed by atoms with Crippen LogP contribution in [0.25, 0.3) is 0 Å². The van der Waals surface area contributed by atoms with Crippen molar-refractivity contribution in [2.45, 2.75) is 318 Å². The minimum atomic E-state index is 0.396. The van der Waals surface area contributed by atoms with Crippen LogP contribution in [0.5, 0.6) is 0 Å². The third-order valence-electron chi connectivity index (χ3n) is 18.4. The fraction of sp³-hybridized carbons (Fsp3) is 0.958. The highest BCUT2D eigenvalue weighted by Crippen LogP contribution is 2.18. The van der Waals surface area contributed by atoms with Gasteiger partial charge in [0.25, 0.3) is 0 Å². The lowest BCUT2D eigenvalue weighted by Gasteiger charge is -2.20. The van der Waals surface area contributed by atoms with E-state index in [2.05, 4.69) is 228 Å². The summed E-state index contributed by atoms with van der Waals surface area (Å²) in [7, 11) is 12.2. The molecule has 0 bridgehead atoms. The Morgan fingerprint density at radius 3 is 0.736 bits per heavy atom. The first-order valence-corrected chi connectivity index (χ1v) is 44.6. The molecule has 2 unspecified atom stereocenters. The lowest BCUT2D eigenvalue weighted by molar-refractivity contribution is 0.0221. The number of ether oxygens (including phenoxy) is 14. The summed E-state index contributed by atoms with van der Waals surface area (Å²) in [6.07, 6.45) is 21.0. The van der Waals surface area contributed by atoms with Gasteiger partial charge in [0, 0.05) is 147 Å². The Morgan fingerprint density at radius 2 is 0.518 bits per heavy atom. The van der Waals surface area contributed by atoms with Crippen LogP contribution < -0.4 is 0 Å². The van der Waals surface area contributed by atoms with E-state index in [4.69, 9.17) is 66.3 Å². The Kier molecular flexibility index (Phi) is 132. The fourth-order valence-corrected chi connectivity index (χ4v) is 9.12. The van der Waals surface area contributed by atoms with Crippen molar-refractivity contribution in [1.82, 2.24) is 0 Å². The van der Waals surface area contributed by atoms with Crippen LogP contribution in [-0.4, -0.2) is 188 Å². The molecule has 0 radical (unpaired) electrons. The van der Waals surface area contributed by atoms with Crippen molar-refractivity contribution in [3.05, 3.63) is 25.3 Å². The maximum atomic E-state index is 5.56. The van der Waals surface area contributed by atoms with E-state index in [0.29, 0.717) is 66.7 Å². The molecular formula is C96H210O14. The highest BCUT2D eigenvalue weighted by molar-refractivity contribution is 4.69. The SMILES string of the molecule is C=CCOCC(COCC=C)C(C)C.CC(C)CCCOC(C)C.CCC(COC)C(C)C.CCCCOCCCC(C)C.CCCOCC(COCCC)C(C)C.CCOCCCC(C)C.CC[C@@H](COC)C(C)C.COCC(C)C(C)C.COCC(COC)C(C)C.COCCCC(C)C.COC[C@H](C)C(C)C. The van der Waals surface area contributed by atoms with Crippen molar-refractivity contribution in [2.75, 3.05) is 182 Å². The Balaban J connectivity index is -0.000000109. The Morgan fingerprint density at radius 1 is 0.245 bits per heavy atom. The average molecular weight is 1590 g/mol. The van der Waals surface area contributed by atoms with Crippen LogP contribution in [0.15, 0.2) is 25.3 Å². The minimum absolute atomic E-state index is 0.396. The lowest BCUT2D eigenvalue weighted by atomic mass is 9.94. The normalized spacial score (nSPS) is 12.1. The zero-order valence-electron chi connectivity index (χ0n) is 82.3. The molecule has 0 aromatic heterocycles. The van der Waals surface area contributed by atoms with Gasteiger partial charge in [-0.15, -0.1) is 13.2 Å². The van der Waals surface area contributed by atoms with Crippen LogP contribution in [0.4, 0.5) is 0 Å². The van der Waals surface area contributed by atoms with Crippen molar-refractivity contribution < 1.29 is 66.3 Å². The molecule has 0 saturated heterocycles. The maximum absolute atomic E-state index is 5.56. The Labute approximate surface area is 694 Å². The van der Waals surface area contributed by atoms with Gasteiger partial charge in [-0.3, -0.25) is 0 Å². The molecule has 0 aromatic carbocycles. The van der Waals surface area contributed by atoms with Gasteiger partial charge in [-0.25, -0.2) is 0 Å². The van der Waals surface area contributed by atoms with E-state index in [9.17, 15) is 0 Å². The molecular weight excluding hydrogens is 1380 g/mol. The summed E-state index contributed by atoms with van der Waals surface area (Å²) in [5, 5.41) is 0. The van der Waals surface area contributed by atoms with E-state index >= 15 is 0 Å². The summed E-state index contributed by atoms with van der Waals surface area (Å²) in [6.45, 7) is 94.5. The molecule has 14 heteroatoms. The van der Waals surface area contributed by atoms with Crippen LogP contribution in [0.1, 0.15) is 311 Å². The molecule has 0 N–H and O–H groups in total. The van der Waals surface area contributed by atoms with Gasteiger partial charge in [0.15, 0.2) is 0 Å².